The summed E-state index contributed by atoms with van der Waals surface area (Å²) in [7, 11) is 0. The lowest BCUT2D eigenvalue weighted by Gasteiger charge is -2.10. The molecular weight excluding hydrogens is 136 g/mol. The molecule has 0 radical (unpaired) electrons. The maximum Gasteiger partial charge on any atom is 0.0577 e. The molecule has 0 aliphatic carbocycles. The van der Waals surface area contributed by atoms with Crippen molar-refractivity contribution in [2.24, 2.45) is 0 Å². The molecule has 0 fully saturated rings. The van der Waals surface area contributed by atoms with Crippen LogP contribution < -0.4 is 0 Å². The van der Waals surface area contributed by atoms with Gasteiger partial charge in [0.2, 0.25) is 0 Å². The van der Waals surface area contributed by atoms with Gasteiger partial charge in [-0.05, 0) is 32.3 Å². The molecule has 0 aromatic carbocycles. The molecule has 0 aromatic rings. The molecule has 0 aliphatic heterocycles. The van der Waals surface area contributed by atoms with Crippen molar-refractivity contribution >= 4 is 0 Å². The van der Waals surface area contributed by atoms with Gasteiger partial charge in [-0.2, -0.15) is 0 Å². The topological polar surface area (TPSA) is 20.2 Å². The summed E-state index contributed by atoms with van der Waals surface area (Å²) in [5.41, 5.74) is 2.22. The van der Waals surface area contributed by atoms with Crippen LogP contribution >= 0.6 is 0 Å². The molecule has 0 spiro atoms. The van der Waals surface area contributed by atoms with Crippen molar-refractivity contribution in [3.8, 4) is 0 Å². The van der Waals surface area contributed by atoms with Crippen molar-refractivity contribution in [2.75, 3.05) is 0 Å². The summed E-state index contributed by atoms with van der Waals surface area (Å²) < 4.78 is 0. The second kappa shape index (κ2) is 5.14. The van der Waals surface area contributed by atoms with Gasteiger partial charge in [0.1, 0.15) is 0 Å². The van der Waals surface area contributed by atoms with E-state index in [9.17, 15) is 5.11 Å². The molecule has 1 unspecified atom stereocenters. The molecule has 1 atom stereocenters. The molecule has 0 aromatic heterocycles. The lowest BCUT2D eigenvalue weighted by Crippen LogP contribution is -2.05. The Bertz CT molecular complexity index is 156. The van der Waals surface area contributed by atoms with Crippen LogP contribution in [0.2, 0.25) is 0 Å². The zero-order valence-corrected chi connectivity index (χ0v) is 7.72. The number of hydrogen-bond acceptors (Lipinski definition) is 1. The Labute approximate surface area is 69.4 Å². The van der Waals surface area contributed by atoms with Gasteiger partial charge in [-0.25, -0.2) is 0 Å². The second-order valence-corrected chi connectivity index (χ2v) is 2.86. The van der Waals surface area contributed by atoms with Gasteiger partial charge in [0.05, 0.1) is 6.10 Å². The maximum absolute atomic E-state index is 9.33. The highest BCUT2D eigenvalue weighted by Gasteiger charge is 2.04. The van der Waals surface area contributed by atoms with E-state index in [0.717, 1.165) is 18.4 Å². The minimum absolute atomic E-state index is 0.210. The Balaban J connectivity index is 4.00. The molecule has 0 amide bonds. The third-order valence-corrected chi connectivity index (χ3v) is 1.82. The van der Waals surface area contributed by atoms with Crippen molar-refractivity contribution in [1.82, 2.24) is 0 Å². The first-order valence-electron chi connectivity index (χ1n) is 4.10. The van der Waals surface area contributed by atoms with Crippen LogP contribution in [0.4, 0.5) is 0 Å². The fourth-order valence-corrected chi connectivity index (χ4v) is 0.937. The summed E-state index contributed by atoms with van der Waals surface area (Å²) in [4.78, 5) is 0. The molecule has 11 heavy (non-hydrogen) atoms. The monoisotopic (exact) mass is 154 g/mol. The van der Waals surface area contributed by atoms with E-state index < -0.39 is 0 Å². The van der Waals surface area contributed by atoms with Crippen LogP contribution in [-0.4, -0.2) is 11.2 Å². The average molecular weight is 154 g/mol. The normalized spacial score (nSPS) is 14.7. The number of allylic oxidation sites excluding steroid dienone is 2. The molecule has 0 saturated heterocycles. The summed E-state index contributed by atoms with van der Waals surface area (Å²) >= 11 is 0. The molecule has 1 nitrogen and oxygen atoms in total. The summed E-state index contributed by atoms with van der Waals surface area (Å²) in [5, 5.41) is 9.33. The predicted molar refractivity (Wildman–Crippen MR) is 49.5 cm³/mol. The molecule has 0 bridgehead atoms. The zero-order chi connectivity index (χ0) is 8.85. The highest BCUT2D eigenvalue weighted by atomic mass is 16.3. The quantitative estimate of drug-likeness (QED) is 0.617. The lowest BCUT2D eigenvalue weighted by molar-refractivity contribution is 0.171. The van der Waals surface area contributed by atoms with Gasteiger partial charge in [-0.15, -0.1) is 0 Å². The van der Waals surface area contributed by atoms with E-state index in [2.05, 4.69) is 6.58 Å². The highest BCUT2D eigenvalue weighted by Crippen LogP contribution is 2.14. The number of hydrogen-bond donors (Lipinski definition) is 1. The Morgan fingerprint density at radius 2 is 2.18 bits per heavy atom. The molecule has 64 valence electrons. The van der Waals surface area contributed by atoms with Gasteiger partial charge in [-0.3, -0.25) is 0 Å². The lowest BCUT2D eigenvalue weighted by atomic mass is 10.0. The van der Waals surface area contributed by atoms with Crippen LogP contribution in [0.25, 0.3) is 0 Å². The number of rotatable bonds is 4. The van der Waals surface area contributed by atoms with Gasteiger partial charge >= 0.3 is 0 Å². The fourth-order valence-electron chi connectivity index (χ4n) is 0.937. The van der Waals surface area contributed by atoms with E-state index in [1.165, 1.54) is 5.57 Å². The fraction of sp³-hybridized carbons (Fsp3) is 0.600. The largest absolute Gasteiger partial charge is 0.393 e. The summed E-state index contributed by atoms with van der Waals surface area (Å²) in [6.07, 6.45) is 3.35. The molecule has 1 heteroatoms. The average Bonchev–Trinajstić information content (AvgIpc) is 1.99. The van der Waals surface area contributed by atoms with Gasteiger partial charge in [0.25, 0.3) is 0 Å². The van der Waals surface area contributed by atoms with Crippen molar-refractivity contribution in [3.05, 3.63) is 23.8 Å². The van der Waals surface area contributed by atoms with Gasteiger partial charge in [0.15, 0.2) is 0 Å². The van der Waals surface area contributed by atoms with Crippen LogP contribution in [0.3, 0.4) is 0 Å². The highest BCUT2D eigenvalue weighted by molar-refractivity contribution is 5.25. The van der Waals surface area contributed by atoms with Gasteiger partial charge in [0, 0.05) is 0 Å². The van der Waals surface area contributed by atoms with Crippen molar-refractivity contribution in [2.45, 2.75) is 39.7 Å². The van der Waals surface area contributed by atoms with Gasteiger partial charge < -0.3 is 5.11 Å². The molecule has 1 N–H and O–H groups in total. The smallest absolute Gasteiger partial charge is 0.0577 e. The van der Waals surface area contributed by atoms with Crippen LogP contribution in [0, 0.1) is 0 Å². The van der Waals surface area contributed by atoms with Crippen molar-refractivity contribution in [1.29, 1.82) is 0 Å². The molecule has 0 heterocycles. The van der Waals surface area contributed by atoms with Crippen LogP contribution in [0.1, 0.15) is 33.6 Å². The summed E-state index contributed by atoms with van der Waals surface area (Å²) in [6, 6.07) is 0. The molecule has 0 rings (SSSR count). The van der Waals surface area contributed by atoms with E-state index in [4.69, 9.17) is 0 Å². The first-order chi connectivity index (χ1) is 5.11. The summed E-state index contributed by atoms with van der Waals surface area (Å²) in [6.45, 7) is 9.77. The Morgan fingerprint density at radius 1 is 1.64 bits per heavy atom. The van der Waals surface area contributed by atoms with Crippen LogP contribution in [0.5, 0.6) is 0 Å². The van der Waals surface area contributed by atoms with E-state index in [1.54, 1.807) is 0 Å². The standard InChI is InChI=1S/C10H18O/c1-5-9(8(3)4)7-10(11)6-2/h5,10-11H,3,6-7H2,1-2,4H3/b9-5-. The van der Waals surface area contributed by atoms with E-state index >= 15 is 0 Å². The molecule has 0 aliphatic rings. The number of aliphatic hydroxyl groups excluding tert-OH is 1. The minimum atomic E-state index is -0.210. The second-order valence-electron chi connectivity index (χ2n) is 2.86. The summed E-state index contributed by atoms with van der Waals surface area (Å²) in [5.74, 6) is 0. The van der Waals surface area contributed by atoms with E-state index in [-0.39, 0.29) is 6.10 Å². The predicted octanol–water partition coefficient (Wildman–Crippen LogP) is 2.67. The van der Waals surface area contributed by atoms with Gasteiger partial charge in [-0.1, -0.05) is 25.2 Å². The van der Waals surface area contributed by atoms with Crippen molar-refractivity contribution in [3.63, 3.8) is 0 Å². The third kappa shape index (κ3) is 3.99. The first kappa shape index (κ1) is 10.4. The zero-order valence-electron chi connectivity index (χ0n) is 7.72. The SMILES string of the molecule is C=C(C)/C(=C\C)CC(O)CC. The Hall–Kier alpha value is -0.560. The molecular formula is C10H18O. The van der Waals surface area contributed by atoms with Crippen molar-refractivity contribution < 1.29 is 5.11 Å². The molecule has 0 saturated carbocycles. The maximum atomic E-state index is 9.33. The van der Waals surface area contributed by atoms with E-state index in [0.29, 0.717) is 0 Å². The minimum Gasteiger partial charge on any atom is -0.393 e. The third-order valence-electron chi connectivity index (χ3n) is 1.82. The Kier molecular flexibility index (Phi) is 4.88. The first-order valence-corrected chi connectivity index (χ1v) is 4.10. The van der Waals surface area contributed by atoms with Crippen LogP contribution in [-0.2, 0) is 0 Å². The van der Waals surface area contributed by atoms with E-state index in [1.807, 2.05) is 26.8 Å². The Morgan fingerprint density at radius 3 is 2.45 bits per heavy atom. The number of aliphatic hydroxyl groups is 1. The van der Waals surface area contributed by atoms with Crippen LogP contribution in [0.15, 0.2) is 23.8 Å².